The zero-order chi connectivity index (χ0) is 32.2. The molecule has 0 spiro atoms. The molecule has 4 aliphatic rings. The van der Waals surface area contributed by atoms with Gasteiger partial charge in [0.25, 0.3) is 0 Å². The van der Waals surface area contributed by atoms with E-state index in [2.05, 4.69) is 148 Å². The van der Waals surface area contributed by atoms with Crippen LogP contribution in [-0.4, -0.2) is 36.6 Å². The molecule has 2 aliphatic carbocycles. The van der Waals surface area contributed by atoms with Crippen molar-refractivity contribution in [3.05, 3.63) is 118 Å². The summed E-state index contributed by atoms with van der Waals surface area (Å²) < 4.78 is 26.5. The summed E-state index contributed by atoms with van der Waals surface area (Å²) in [6, 6.07) is 25.0. The highest BCUT2D eigenvalue weighted by molar-refractivity contribution is 6.62. The van der Waals surface area contributed by atoms with Crippen LogP contribution in [0.3, 0.4) is 0 Å². The van der Waals surface area contributed by atoms with Gasteiger partial charge in [0.1, 0.15) is 0 Å². The van der Waals surface area contributed by atoms with Crippen LogP contribution in [0.15, 0.2) is 84.5 Å². The topological polar surface area (TPSA) is 36.9 Å². The minimum Gasteiger partial charge on any atom is -0.403 e. The Morgan fingerprint density at radius 3 is 1.71 bits per heavy atom. The van der Waals surface area contributed by atoms with Crippen molar-refractivity contribution in [1.82, 2.24) is 0 Å². The van der Waals surface area contributed by atoms with Gasteiger partial charge in [0.15, 0.2) is 0 Å². The molecule has 2 saturated heterocycles. The van der Waals surface area contributed by atoms with E-state index in [-0.39, 0.29) is 24.1 Å². The Bertz CT molecular complexity index is 1670. The molecule has 232 valence electrons. The van der Waals surface area contributed by atoms with E-state index >= 15 is 0 Å². The smallest absolute Gasteiger partial charge is 0.403 e. The van der Waals surface area contributed by atoms with E-state index in [0.29, 0.717) is 0 Å². The highest BCUT2D eigenvalue weighted by Crippen LogP contribution is 2.59. The quantitative estimate of drug-likeness (QED) is 0.284. The van der Waals surface area contributed by atoms with E-state index in [9.17, 15) is 0 Å². The standard InChI is InChI=1S/C39H46B2O4/c1-25-13-11-15-27(21-25)39(28-16-12-14-26(2)22-28)33-23-29(40-42-35(3,4)36(5,6)43-40)17-19-31(33)32-20-18-30(24-34(32)39)41-44-37(7,8)38(9,10)45-41/h11-23,30H,24H2,1-10H3. The Balaban J connectivity index is 1.44. The van der Waals surface area contributed by atoms with Gasteiger partial charge in [0.2, 0.25) is 0 Å². The minimum absolute atomic E-state index is 0.0793. The molecule has 3 aromatic rings. The highest BCUT2D eigenvalue weighted by Gasteiger charge is 2.57. The molecule has 0 N–H and O–H groups in total. The summed E-state index contributed by atoms with van der Waals surface area (Å²) in [5, 5.41) is 0. The van der Waals surface area contributed by atoms with E-state index in [4.69, 9.17) is 18.6 Å². The van der Waals surface area contributed by atoms with E-state index in [1.165, 1.54) is 44.5 Å². The van der Waals surface area contributed by atoms with Crippen molar-refractivity contribution in [3.63, 3.8) is 0 Å². The highest BCUT2D eigenvalue weighted by atomic mass is 16.7. The Hall–Kier alpha value is -2.89. The zero-order valence-corrected chi connectivity index (χ0v) is 28.6. The van der Waals surface area contributed by atoms with Crippen LogP contribution in [0.5, 0.6) is 0 Å². The molecule has 6 heteroatoms. The van der Waals surface area contributed by atoms with Crippen molar-refractivity contribution in [2.24, 2.45) is 0 Å². The van der Waals surface area contributed by atoms with Crippen LogP contribution >= 0.6 is 0 Å². The molecule has 3 aromatic carbocycles. The van der Waals surface area contributed by atoms with Crippen LogP contribution in [0, 0.1) is 13.8 Å². The molecule has 45 heavy (non-hydrogen) atoms. The summed E-state index contributed by atoms with van der Waals surface area (Å²) in [4.78, 5) is 0. The third-order valence-corrected chi connectivity index (χ3v) is 11.5. The lowest BCUT2D eigenvalue weighted by molar-refractivity contribution is 0.00578. The first-order valence-electron chi connectivity index (χ1n) is 16.5. The van der Waals surface area contributed by atoms with Crippen molar-refractivity contribution in [2.45, 2.75) is 109 Å². The molecule has 0 saturated carbocycles. The first-order valence-corrected chi connectivity index (χ1v) is 16.5. The van der Waals surface area contributed by atoms with Crippen molar-refractivity contribution in [2.75, 3.05) is 0 Å². The Kier molecular flexibility index (Phi) is 6.87. The van der Waals surface area contributed by atoms with Crippen LogP contribution in [-0.2, 0) is 24.0 Å². The predicted octanol–water partition coefficient (Wildman–Crippen LogP) is 8.13. The molecular weight excluding hydrogens is 554 g/mol. The lowest BCUT2D eigenvalue weighted by Gasteiger charge is -2.38. The van der Waals surface area contributed by atoms with Crippen LogP contribution in [0.25, 0.3) is 5.57 Å². The Morgan fingerprint density at radius 2 is 1.18 bits per heavy atom. The van der Waals surface area contributed by atoms with Gasteiger partial charge in [-0.25, -0.2) is 0 Å². The largest absolute Gasteiger partial charge is 0.494 e. The summed E-state index contributed by atoms with van der Waals surface area (Å²) in [5.74, 6) is 0.0793. The molecule has 0 amide bonds. The molecule has 0 radical (unpaired) electrons. The lowest BCUT2D eigenvalue weighted by atomic mass is 9.59. The molecular formula is C39H46B2O4. The van der Waals surface area contributed by atoms with Gasteiger partial charge in [-0.3, -0.25) is 0 Å². The summed E-state index contributed by atoms with van der Waals surface area (Å²) >= 11 is 0. The van der Waals surface area contributed by atoms with Crippen LogP contribution in [0.4, 0.5) is 0 Å². The maximum Gasteiger partial charge on any atom is 0.494 e. The van der Waals surface area contributed by atoms with Crippen molar-refractivity contribution in [1.29, 1.82) is 0 Å². The average Bonchev–Trinajstić information content (AvgIpc) is 3.47. The minimum atomic E-state index is -0.505. The number of hydrogen-bond acceptors (Lipinski definition) is 4. The third kappa shape index (κ3) is 4.58. The maximum atomic E-state index is 6.64. The first kappa shape index (κ1) is 30.7. The average molecular weight is 600 g/mol. The molecule has 0 bridgehead atoms. The van der Waals surface area contributed by atoms with Gasteiger partial charge >= 0.3 is 14.2 Å². The summed E-state index contributed by atoms with van der Waals surface area (Å²) in [6.45, 7) is 21.4. The van der Waals surface area contributed by atoms with Gasteiger partial charge in [-0.2, -0.15) is 0 Å². The van der Waals surface area contributed by atoms with Gasteiger partial charge in [-0.15, -0.1) is 0 Å². The molecule has 2 aliphatic heterocycles. The molecule has 2 heterocycles. The van der Waals surface area contributed by atoms with Gasteiger partial charge in [0, 0.05) is 5.82 Å². The fourth-order valence-electron chi connectivity index (χ4n) is 7.57. The van der Waals surface area contributed by atoms with Crippen LogP contribution in [0.2, 0.25) is 5.82 Å². The van der Waals surface area contributed by atoms with Gasteiger partial charge in [-0.05, 0) is 115 Å². The number of hydrogen-bond donors (Lipinski definition) is 0. The van der Waals surface area contributed by atoms with Crippen LogP contribution < -0.4 is 5.46 Å². The molecule has 1 unspecified atom stereocenters. The van der Waals surface area contributed by atoms with E-state index in [1.54, 1.807) is 0 Å². The molecule has 2 fully saturated rings. The van der Waals surface area contributed by atoms with E-state index in [0.717, 1.165) is 11.9 Å². The second-order valence-electron chi connectivity index (χ2n) is 15.6. The fraction of sp³-hybridized carbons (Fsp3) is 0.436. The monoisotopic (exact) mass is 600 g/mol. The summed E-state index contributed by atoms with van der Waals surface area (Å²) in [7, 11) is -0.768. The van der Waals surface area contributed by atoms with Crippen molar-refractivity contribution in [3.8, 4) is 0 Å². The predicted molar refractivity (Wildman–Crippen MR) is 185 cm³/mol. The van der Waals surface area contributed by atoms with Crippen molar-refractivity contribution < 1.29 is 18.6 Å². The first-order chi connectivity index (χ1) is 21.1. The van der Waals surface area contributed by atoms with E-state index < -0.39 is 23.7 Å². The second-order valence-corrected chi connectivity index (χ2v) is 15.6. The molecule has 0 aromatic heterocycles. The van der Waals surface area contributed by atoms with Gasteiger partial charge in [-0.1, -0.05) is 90.0 Å². The zero-order valence-electron chi connectivity index (χ0n) is 28.6. The molecule has 4 nitrogen and oxygen atoms in total. The number of fused-ring (bicyclic) bond motifs is 2. The molecule has 1 atom stereocenters. The van der Waals surface area contributed by atoms with Crippen LogP contribution in [0.1, 0.15) is 95.2 Å². The maximum absolute atomic E-state index is 6.64. The van der Waals surface area contributed by atoms with Crippen molar-refractivity contribution >= 4 is 25.3 Å². The second kappa shape index (κ2) is 10.1. The lowest BCUT2D eigenvalue weighted by Crippen LogP contribution is -2.41. The Morgan fingerprint density at radius 1 is 0.644 bits per heavy atom. The van der Waals surface area contributed by atoms with Gasteiger partial charge in [0.05, 0.1) is 27.8 Å². The van der Waals surface area contributed by atoms with Gasteiger partial charge < -0.3 is 18.6 Å². The summed E-state index contributed by atoms with van der Waals surface area (Å²) in [5.41, 5.74) is 9.17. The van der Waals surface area contributed by atoms with E-state index in [1.807, 2.05) is 0 Å². The normalized spacial score (nSPS) is 25.1. The number of benzene rings is 3. The number of rotatable bonds is 4. The molecule has 7 rings (SSSR count). The fourth-order valence-corrected chi connectivity index (χ4v) is 7.57. The Labute approximate surface area is 270 Å². The number of aryl methyl sites for hydroxylation is 2. The third-order valence-electron chi connectivity index (χ3n) is 11.5. The SMILES string of the molecule is Cc1cccc(C2(c3cccc(C)c3)C3=C(C=CC(B4OC(C)(C)C(C)(C)O4)C3)c3ccc(B4OC(C)(C)C(C)(C)O4)cc32)c1. The summed E-state index contributed by atoms with van der Waals surface area (Å²) in [6.07, 6.45) is 5.47. The number of allylic oxidation sites excluding steroid dienone is 4.